The van der Waals surface area contributed by atoms with Crippen LogP contribution in [0, 0.1) is 0 Å². The topological polar surface area (TPSA) is 79.1 Å². The summed E-state index contributed by atoms with van der Waals surface area (Å²) >= 11 is 0. The van der Waals surface area contributed by atoms with E-state index in [9.17, 15) is 0 Å². The van der Waals surface area contributed by atoms with E-state index in [1.165, 1.54) is 0 Å². The summed E-state index contributed by atoms with van der Waals surface area (Å²) in [6, 6.07) is 0. The summed E-state index contributed by atoms with van der Waals surface area (Å²) in [6.45, 7) is 5.24. The van der Waals surface area contributed by atoms with E-state index in [1.807, 2.05) is 0 Å². The number of rotatable bonds is 4. The lowest BCUT2D eigenvalue weighted by molar-refractivity contribution is 0.584. The minimum Gasteiger partial charge on any atom is -0.366 e. The zero-order valence-electron chi connectivity index (χ0n) is 9.32. The monoisotopic (exact) mass is 222 g/mol. The Labute approximate surface area is 95.3 Å². The van der Waals surface area contributed by atoms with Gasteiger partial charge in [0.15, 0.2) is 11.6 Å². The number of hydrogen-bond acceptors (Lipinski definition) is 6. The van der Waals surface area contributed by atoms with Crippen LogP contribution in [0.25, 0.3) is 0 Å². The van der Waals surface area contributed by atoms with Crippen LogP contribution < -0.4 is 21.3 Å². The lowest BCUT2D eigenvalue weighted by atomic mass is 10.3. The lowest BCUT2D eigenvalue weighted by Crippen LogP contribution is -2.44. The molecule has 0 aromatic carbocycles. The van der Waals surface area contributed by atoms with Gasteiger partial charge in [-0.25, -0.2) is 9.97 Å². The average molecular weight is 222 g/mol. The summed E-state index contributed by atoms with van der Waals surface area (Å²) in [4.78, 5) is 10.9. The maximum atomic E-state index is 5.47. The molecule has 0 aliphatic carbocycles. The molecule has 4 N–H and O–H groups in total. The van der Waals surface area contributed by atoms with Crippen LogP contribution >= 0.6 is 0 Å². The highest BCUT2D eigenvalue weighted by Gasteiger charge is 2.15. The van der Waals surface area contributed by atoms with E-state index < -0.39 is 0 Å². The van der Waals surface area contributed by atoms with Crippen molar-refractivity contribution in [3.8, 4) is 0 Å². The van der Waals surface area contributed by atoms with Crippen LogP contribution in [0.15, 0.2) is 12.4 Å². The molecule has 0 spiro atoms. The van der Waals surface area contributed by atoms with Crippen molar-refractivity contribution in [2.75, 3.05) is 49.5 Å². The molecule has 0 amide bonds. The normalized spacial score (nSPS) is 16.2. The second-order valence-corrected chi connectivity index (χ2v) is 3.68. The fourth-order valence-electron chi connectivity index (χ4n) is 1.75. The van der Waals surface area contributed by atoms with Crippen LogP contribution in [0.3, 0.4) is 0 Å². The summed E-state index contributed by atoms with van der Waals surface area (Å²) in [7, 11) is 0. The molecule has 0 saturated carbocycles. The summed E-state index contributed by atoms with van der Waals surface area (Å²) in [6.07, 6.45) is 3.43. The van der Waals surface area contributed by atoms with Gasteiger partial charge in [0.05, 0.1) is 0 Å². The number of anilines is 2. The molecular weight excluding hydrogens is 204 g/mol. The first-order chi connectivity index (χ1) is 7.92. The minimum atomic E-state index is 0.595. The Morgan fingerprint density at radius 3 is 2.81 bits per heavy atom. The van der Waals surface area contributed by atoms with Gasteiger partial charge in [-0.1, -0.05) is 0 Å². The SMILES string of the molecule is NCCNc1nccnc1N1CCNCC1. The Balaban J connectivity index is 2.11. The van der Waals surface area contributed by atoms with Crippen LogP contribution in [-0.4, -0.2) is 49.2 Å². The van der Waals surface area contributed by atoms with Crippen molar-refractivity contribution in [3.63, 3.8) is 0 Å². The highest BCUT2D eigenvalue weighted by Crippen LogP contribution is 2.19. The zero-order valence-corrected chi connectivity index (χ0v) is 9.32. The van der Waals surface area contributed by atoms with Crippen LogP contribution in [0.1, 0.15) is 0 Å². The van der Waals surface area contributed by atoms with Crippen molar-refractivity contribution < 1.29 is 0 Å². The smallest absolute Gasteiger partial charge is 0.171 e. The first-order valence-corrected chi connectivity index (χ1v) is 5.62. The number of nitrogens with zero attached hydrogens (tertiary/aromatic N) is 3. The fourth-order valence-corrected chi connectivity index (χ4v) is 1.75. The molecule has 0 atom stereocenters. The van der Waals surface area contributed by atoms with Crippen molar-refractivity contribution in [2.45, 2.75) is 0 Å². The number of piperazine rings is 1. The summed E-state index contributed by atoms with van der Waals surface area (Å²) in [5.74, 6) is 1.76. The molecular formula is C10H18N6. The number of nitrogens with one attached hydrogen (secondary N) is 2. The van der Waals surface area contributed by atoms with E-state index in [0.29, 0.717) is 6.54 Å². The Morgan fingerprint density at radius 1 is 1.31 bits per heavy atom. The summed E-state index contributed by atoms with van der Waals surface area (Å²) in [5.41, 5.74) is 5.47. The second-order valence-electron chi connectivity index (χ2n) is 3.68. The van der Waals surface area contributed by atoms with Crippen LogP contribution in [-0.2, 0) is 0 Å². The predicted molar refractivity (Wildman–Crippen MR) is 64.7 cm³/mol. The van der Waals surface area contributed by atoms with Gasteiger partial charge in [0.1, 0.15) is 0 Å². The molecule has 1 saturated heterocycles. The standard InChI is InChI=1S/C10H18N6/c11-1-2-13-9-10(15-4-3-14-9)16-7-5-12-6-8-16/h3-4,12H,1-2,5-8,11H2,(H,13,14). The third-order valence-corrected chi connectivity index (χ3v) is 2.53. The van der Waals surface area contributed by atoms with E-state index in [1.54, 1.807) is 12.4 Å². The molecule has 2 heterocycles. The maximum absolute atomic E-state index is 5.47. The fraction of sp³-hybridized carbons (Fsp3) is 0.600. The third kappa shape index (κ3) is 2.59. The Morgan fingerprint density at radius 2 is 2.06 bits per heavy atom. The van der Waals surface area contributed by atoms with E-state index in [-0.39, 0.29) is 0 Å². The molecule has 0 unspecified atom stereocenters. The van der Waals surface area contributed by atoms with Gasteiger partial charge in [0.2, 0.25) is 0 Å². The predicted octanol–water partition coefficient (Wildman–Crippen LogP) is -0.743. The van der Waals surface area contributed by atoms with E-state index in [4.69, 9.17) is 5.73 Å². The largest absolute Gasteiger partial charge is 0.366 e. The van der Waals surface area contributed by atoms with Crippen molar-refractivity contribution in [1.29, 1.82) is 0 Å². The molecule has 1 aliphatic rings. The van der Waals surface area contributed by atoms with Gasteiger partial charge in [0, 0.05) is 51.7 Å². The Bertz CT molecular complexity index is 323. The highest BCUT2D eigenvalue weighted by molar-refractivity contribution is 5.60. The molecule has 16 heavy (non-hydrogen) atoms. The first kappa shape index (κ1) is 11.1. The van der Waals surface area contributed by atoms with Gasteiger partial charge in [0.25, 0.3) is 0 Å². The van der Waals surface area contributed by atoms with Crippen LogP contribution in [0.4, 0.5) is 11.6 Å². The van der Waals surface area contributed by atoms with Crippen molar-refractivity contribution in [3.05, 3.63) is 12.4 Å². The molecule has 1 aromatic rings. The minimum absolute atomic E-state index is 0.595. The molecule has 0 bridgehead atoms. The molecule has 1 aliphatic heterocycles. The van der Waals surface area contributed by atoms with Gasteiger partial charge in [-0.3, -0.25) is 0 Å². The van der Waals surface area contributed by atoms with Gasteiger partial charge in [-0.15, -0.1) is 0 Å². The van der Waals surface area contributed by atoms with Gasteiger partial charge in [-0.05, 0) is 0 Å². The quantitative estimate of drug-likeness (QED) is 0.622. The Kier molecular flexibility index (Phi) is 3.90. The highest BCUT2D eigenvalue weighted by atomic mass is 15.3. The zero-order chi connectivity index (χ0) is 11.2. The van der Waals surface area contributed by atoms with Crippen LogP contribution in [0.5, 0.6) is 0 Å². The molecule has 1 aromatic heterocycles. The number of nitrogens with two attached hydrogens (primary N) is 1. The van der Waals surface area contributed by atoms with Gasteiger partial charge < -0.3 is 21.3 Å². The maximum Gasteiger partial charge on any atom is 0.171 e. The van der Waals surface area contributed by atoms with Gasteiger partial charge >= 0.3 is 0 Å². The second kappa shape index (κ2) is 5.62. The molecule has 88 valence electrons. The summed E-state index contributed by atoms with van der Waals surface area (Å²) < 4.78 is 0. The third-order valence-electron chi connectivity index (χ3n) is 2.53. The molecule has 6 nitrogen and oxygen atoms in total. The molecule has 6 heteroatoms. The van der Waals surface area contributed by atoms with Crippen molar-refractivity contribution in [1.82, 2.24) is 15.3 Å². The summed E-state index contributed by atoms with van der Waals surface area (Å²) in [5, 5.41) is 6.52. The average Bonchev–Trinajstić information content (AvgIpc) is 2.38. The molecule has 1 fully saturated rings. The number of aromatic nitrogens is 2. The van der Waals surface area contributed by atoms with Gasteiger partial charge in [-0.2, -0.15) is 0 Å². The Hall–Kier alpha value is -1.40. The van der Waals surface area contributed by atoms with Crippen molar-refractivity contribution in [2.24, 2.45) is 5.73 Å². The van der Waals surface area contributed by atoms with E-state index in [0.717, 1.165) is 44.4 Å². The van der Waals surface area contributed by atoms with E-state index in [2.05, 4.69) is 25.5 Å². The number of hydrogen-bond donors (Lipinski definition) is 3. The van der Waals surface area contributed by atoms with Crippen molar-refractivity contribution >= 4 is 11.6 Å². The van der Waals surface area contributed by atoms with Crippen LogP contribution in [0.2, 0.25) is 0 Å². The lowest BCUT2D eigenvalue weighted by Gasteiger charge is -2.29. The van der Waals surface area contributed by atoms with E-state index >= 15 is 0 Å². The first-order valence-electron chi connectivity index (χ1n) is 5.62. The molecule has 0 radical (unpaired) electrons. The molecule has 2 rings (SSSR count).